The van der Waals surface area contributed by atoms with Gasteiger partial charge in [0.15, 0.2) is 0 Å². The first-order chi connectivity index (χ1) is 7.15. The molecule has 1 aliphatic rings. The lowest BCUT2D eigenvalue weighted by molar-refractivity contribution is 0.269. The molecular weight excluding hydrogens is 210 g/mol. The molecule has 0 atom stereocenters. The van der Waals surface area contributed by atoms with Gasteiger partial charge in [-0.2, -0.15) is 0 Å². The zero-order valence-electron chi connectivity index (χ0n) is 8.89. The summed E-state index contributed by atoms with van der Waals surface area (Å²) in [4.78, 5) is 4.22. The zero-order chi connectivity index (χ0) is 10.9. The Kier molecular flexibility index (Phi) is 2.74. The largest absolute Gasteiger partial charge is 0.396 e. The first-order valence-corrected chi connectivity index (χ1v) is 5.72. The van der Waals surface area contributed by atoms with Crippen molar-refractivity contribution < 1.29 is 0 Å². The number of nitrogen functional groups attached to an aromatic ring is 1. The number of pyridine rings is 1. The number of anilines is 2. The molecule has 0 unspecified atom stereocenters. The number of aromatic nitrogens is 1. The Balaban J connectivity index is 2.16. The molecule has 0 spiro atoms. The van der Waals surface area contributed by atoms with E-state index >= 15 is 0 Å². The molecule has 15 heavy (non-hydrogen) atoms. The van der Waals surface area contributed by atoms with Crippen molar-refractivity contribution in [2.45, 2.75) is 38.1 Å². The van der Waals surface area contributed by atoms with E-state index in [0.29, 0.717) is 10.7 Å². The molecule has 1 aliphatic carbocycles. The molecule has 0 bridgehead atoms. The van der Waals surface area contributed by atoms with Gasteiger partial charge in [-0.3, -0.25) is 0 Å². The van der Waals surface area contributed by atoms with Crippen LogP contribution in [0, 0.1) is 0 Å². The van der Waals surface area contributed by atoms with Crippen LogP contribution in [-0.4, -0.2) is 10.5 Å². The van der Waals surface area contributed by atoms with Gasteiger partial charge in [0.05, 0.1) is 10.7 Å². The van der Waals surface area contributed by atoms with Crippen molar-refractivity contribution in [3.63, 3.8) is 0 Å². The summed E-state index contributed by atoms with van der Waals surface area (Å²) in [5.41, 5.74) is 6.70. The third kappa shape index (κ3) is 2.02. The Bertz CT molecular complexity index is 355. The highest BCUT2D eigenvalue weighted by atomic mass is 35.5. The molecule has 82 valence electrons. The fourth-order valence-corrected chi connectivity index (χ4v) is 2.15. The van der Waals surface area contributed by atoms with Gasteiger partial charge in [0.25, 0.3) is 0 Å². The number of nitrogens with two attached hydrogens (primary N) is 1. The highest BCUT2D eigenvalue weighted by Gasteiger charge is 2.35. The van der Waals surface area contributed by atoms with Gasteiger partial charge in [0, 0.05) is 11.7 Å². The first-order valence-electron chi connectivity index (χ1n) is 5.34. The SMILES string of the molecule is CCC1(Nc2ncc(Cl)cc2N)CCC1. The summed E-state index contributed by atoms with van der Waals surface area (Å²) < 4.78 is 0. The van der Waals surface area contributed by atoms with Crippen LogP contribution in [0.4, 0.5) is 11.5 Å². The third-order valence-corrected chi connectivity index (χ3v) is 3.46. The molecule has 4 heteroatoms. The van der Waals surface area contributed by atoms with Crippen LogP contribution in [0.15, 0.2) is 12.3 Å². The third-order valence-electron chi connectivity index (χ3n) is 3.25. The predicted octanol–water partition coefficient (Wildman–Crippen LogP) is 3.06. The quantitative estimate of drug-likeness (QED) is 0.831. The summed E-state index contributed by atoms with van der Waals surface area (Å²) in [5, 5.41) is 4.02. The van der Waals surface area contributed by atoms with Crippen molar-refractivity contribution in [2.75, 3.05) is 11.1 Å². The molecule has 1 saturated carbocycles. The van der Waals surface area contributed by atoms with Gasteiger partial charge in [0.1, 0.15) is 5.82 Å². The Morgan fingerprint density at radius 3 is 2.80 bits per heavy atom. The van der Waals surface area contributed by atoms with Gasteiger partial charge in [-0.1, -0.05) is 18.5 Å². The minimum atomic E-state index is 0.217. The molecule has 0 saturated heterocycles. The molecule has 1 aromatic rings. The molecule has 0 aliphatic heterocycles. The normalized spacial score (nSPS) is 18.3. The summed E-state index contributed by atoms with van der Waals surface area (Å²) >= 11 is 5.80. The maximum Gasteiger partial charge on any atom is 0.149 e. The molecule has 3 N–H and O–H groups in total. The van der Waals surface area contributed by atoms with Crippen LogP contribution in [0.25, 0.3) is 0 Å². The summed E-state index contributed by atoms with van der Waals surface area (Å²) in [7, 11) is 0. The van der Waals surface area contributed by atoms with Crippen molar-refractivity contribution in [1.82, 2.24) is 4.98 Å². The van der Waals surface area contributed by atoms with Gasteiger partial charge >= 0.3 is 0 Å². The maximum absolute atomic E-state index is 5.85. The second kappa shape index (κ2) is 3.89. The monoisotopic (exact) mass is 225 g/mol. The Morgan fingerprint density at radius 2 is 2.33 bits per heavy atom. The summed E-state index contributed by atoms with van der Waals surface area (Å²) in [6, 6.07) is 1.74. The predicted molar refractivity (Wildman–Crippen MR) is 64.2 cm³/mol. The van der Waals surface area contributed by atoms with Crippen LogP contribution in [0.5, 0.6) is 0 Å². The van der Waals surface area contributed by atoms with Crippen molar-refractivity contribution >= 4 is 23.1 Å². The lowest BCUT2D eigenvalue weighted by Crippen LogP contribution is -2.44. The summed E-state index contributed by atoms with van der Waals surface area (Å²) in [5.74, 6) is 0.765. The Hall–Kier alpha value is -0.960. The minimum Gasteiger partial charge on any atom is -0.396 e. The zero-order valence-corrected chi connectivity index (χ0v) is 9.64. The standard InChI is InChI=1S/C11H16ClN3/c1-2-11(4-3-5-11)15-10-9(13)6-8(12)7-14-10/h6-7H,2-5,13H2,1H3,(H,14,15). The van der Waals surface area contributed by atoms with Gasteiger partial charge < -0.3 is 11.1 Å². The molecular formula is C11H16ClN3. The van der Waals surface area contributed by atoms with E-state index in [1.165, 1.54) is 19.3 Å². The van der Waals surface area contributed by atoms with Gasteiger partial charge in [-0.15, -0.1) is 0 Å². The number of nitrogens with one attached hydrogen (secondary N) is 1. The Morgan fingerprint density at radius 1 is 1.60 bits per heavy atom. The van der Waals surface area contributed by atoms with Crippen molar-refractivity contribution in [3.8, 4) is 0 Å². The second-order valence-electron chi connectivity index (χ2n) is 4.20. The fraction of sp³-hybridized carbons (Fsp3) is 0.545. The van der Waals surface area contributed by atoms with Gasteiger partial charge in [-0.25, -0.2) is 4.98 Å². The minimum absolute atomic E-state index is 0.217. The molecule has 1 aromatic heterocycles. The van der Waals surface area contributed by atoms with Crippen molar-refractivity contribution in [1.29, 1.82) is 0 Å². The lowest BCUT2D eigenvalue weighted by atomic mass is 9.75. The van der Waals surface area contributed by atoms with Crippen LogP contribution in [-0.2, 0) is 0 Å². The van der Waals surface area contributed by atoms with Crippen LogP contribution in [0.3, 0.4) is 0 Å². The number of rotatable bonds is 3. The van der Waals surface area contributed by atoms with E-state index in [2.05, 4.69) is 17.2 Å². The number of halogens is 1. The average molecular weight is 226 g/mol. The van der Waals surface area contributed by atoms with Crippen LogP contribution < -0.4 is 11.1 Å². The molecule has 0 radical (unpaired) electrons. The number of hydrogen-bond acceptors (Lipinski definition) is 3. The Labute approximate surface area is 95.0 Å². The van der Waals surface area contributed by atoms with Crippen LogP contribution in [0.2, 0.25) is 5.02 Å². The topological polar surface area (TPSA) is 50.9 Å². The first kappa shape index (κ1) is 10.6. The number of nitrogens with zero attached hydrogens (tertiary/aromatic N) is 1. The van der Waals surface area contributed by atoms with E-state index in [1.54, 1.807) is 12.3 Å². The lowest BCUT2D eigenvalue weighted by Gasteiger charge is -2.42. The molecule has 3 nitrogen and oxygen atoms in total. The molecule has 0 aromatic carbocycles. The summed E-state index contributed by atoms with van der Waals surface area (Å²) in [6.07, 6.45) is 6.42. The van der Waals surface area contributed by atoms with Crippen LogP contribution in [0.1, 0.15) is 32.6 Å². The van der Waals surface area contributed by atoms with E-state index in [4.69, 9.17) is 17.3 Å². The van der Waals surface area contributed by atoms with E-state index in [-0.39, 0.29) is 5.54 Å². The fourth-order valence-electron chi connectivity index (χ4n) is 1.98. The van der Waals surface area contributed by atoms with Crippen molar-refractivity contribution in [3.05, 3.63) is 17.3 Å². The highest BCUT2D eigenvalue weighted by molar-refractivity contribution is 6.30. The molecule has 1 heterocycles. The van der Waals surface area contributed by atoms with Gasteiger partial charge in [-0.05, 0) is 31.7 Å². The number of hydrogen-bond donors (Lipinski definition) is 2. The van der Waals surface area contributed by atoms with Gasteiger partial charge in [0.2, 0.25) is 0 Å². The van der Waals surface area contributed by atoms with E-state index < -0.39 is 0 Å². The van der Waals surface area contributed by atoms with Crippen molar-refractivity contribution in [2.24, 2.45) is 0 Å². The maximum atomic E-state index is 5.85. The summed E-state index contributed by atoms with van der Waals surface area (Å²) in [6.45, 7) is 2.19. The molecule has 0 amide bonds. The highest BCUT2D eigenvalue weighted by Crippen LogP contribution is 2.38. The molecule has 2 rings (SSSR count). The van der Waals surface area contributed by atoms with E-state index in [9.17, 15) is 0 Å². The van der Waals surface area contributed by atoms with E-state index in [0.717, 1.165) is 12.2 Å². The van der Waals surface area contributed by atoms with E-state index in [1.807, 2.05) is 0 Å². The van der Waals surface area contributed by atoms with Crippen LogP contribution >= 0.6 is 11.6 Å². The second-order valence-corrected chi connectivity index (χ2v) is 4.64. The smallest absolute Gasteiger partial charge is 0.149 e. The average Bonchev–Trinajstić information content (AvgIpc) is 2.14. The molecule has 1 fully saturated rings.